The average Bonchev–Trinajstić information content (AvgIpc) is 3.43. The lowest BCUT2D eigenvalue weighted by atomic mass is 10.0. The Morgan fingerprint density at radius 3 is 1.00 bits per heavy atom. The first kappa shape index (κ1) is 74.6. The van der Waals surface area contributed by atoms with Gasteiger partial charge in [0, 0.05) is 12.8 Å². The van der Waals surface area contributed by atoms with Gasteiger partial charge in [-0.3, -0.25) is 9.59 Å². The topological polar surface area (TPSA) is 95.9 Å². The van der Waals surface area contributed by atoms with E-state index in [2.05, 4.69) is 67.8 Å². The number of aliphatic hydroxyl groups excluding tert-OH is 2. The number of nitrogens with one attached hydrogen (secondary N) is 1. The molecule has 77 heavy (non-hydrogen) atoms. The van der Waals surface area contributed by atoms with E-state index in [1.165, 1.54) is 270 Å². The van der Waals surface area contributed by atoms with Crippen LogP contribution in [0.25, 0.3) is 0 Å². The lowest BCUT2D eigenvalue weighted by Crippen LogP contribution is -2.45. The van der Waals surface area contributed by atoms with E-state index in [-0.39, 0.29) is 18.5 Å². The van der Waals surface area contributed by atoms with Gasteiger partial charge in [-0.05, 0) is 96.3 Å². The molecule has 0 saturated heterocycles. The summed E-state index contributed by atoms with van der Waals surface area (Å²) in [7, 11) is 0. The van der Waals surface area contributed by atoms with E-state index >= 15 is 0 Å². The molecule has 2 unspecified atom stereocenters. The number of amides is 1. The third-order valence-electron chi connectivity index (χ3n) is 15.5. The highest BCUT2D eigenvalue weighted by Gasteiger charge is 2.18. The van der Waals surface area contributed by atoms with E-state index in [4.69, 9.17) is 4.74 Å². The van der Waals surface area contributed by atoms with Crippen LogP contribution in [-0.2, 0) is 14.3 Å². The number of rotatable bonds is 63. The first-order valence-electron chi connectivity index (χ1n) is 34.1. The van der Waals surface area contributed by atoms with Crippen molar-refractivity contribution in [3.05, 3.63) is 60.8 Å². The van der Waals surface area contributed by atoms with E-state index in [0.717, 1.165) is 57.8 Å². The summed E-state index contributed by atoms with van der Waals surface area (Å²) in [5, 5.41) is 23.1. The Morgan fingerprint density at radius 2 is 0.649 bits per heavy atom. The quantitative estimate of drug-likeness (QED) is 0.0320. The minimum Gasteiger partial charge on any atom is -0.466 e. The molecule has 0 heterocycles. The number of hydrogen-bond acceptors (Lipinski definition) is 5. The van der Waals surface area contributed by atoms with Gasteiger partial charge in [-0.25, -0.2) is 0 Å². The lowest BCUT2D eigenvalue weighted by molar-refractivity contribution is -0.143. The van der Waals surface area contributed by atoms with Crippen molar-refractivity contribution in [3.63, 3.8) is 0 Å². The van der Waals surface area contributed by atoms with Crippen LogP contribution in [0.3, 0.4) is 0 Å². The van der Waals surface area contributed by atoms with E-state index in [9.17, 15) is 19.8 Å². The number of unbranched alkanes of at least 4 members (excludes halogenated alkanes) is 44. The summed E-state index contributed by atoms with van der Waals surface area (Å²) >= 11 is 0. The number of hydrogen-bond donors (Lipinski definition) is 3. The maximum absolute atomic E-state index is 12.5. The van der Waals surface area contributed by atoms with Crippen molar-refractivity contribution >= 4 is 11.9 Å². The lowest BCUT2D eigenvalue weighted by Gasteiger charge is -2.20. The van der Waals surface area contributed by atoms with Crippen LogP contribution in [0.4, 0.5) is 0 Å². The van der Waals surface area contributed by atoms with Gasteiger partial charge in [0.1, 0.15) is 0 Å². The smallest absolute Gasteiger partial charge is 0.305 e. The highest BCUT2D eigenvalue weighted by Crippen LogP contribution is 2.17. The molecule has 0 fully saturated rings. The molecule has 0 aliphatic heterocycles. The van der Waals surface area contributed by atoms with Gasteiger partial charge in [0.15, 0.2) is 0 Å². The van der Waals surface area contributed by atoms with E-state index in [0.29, 0.717) is 19.4 Å². The van der Waals surface area contributed by atoms with Crippen LogP contribution in [-0.4, -0.2) is 47.4 Å². The molecule has 0 aromatic rings. The van der Waals surface area contributed by atoms with Crippen molar-refractivity contribution in [2.75, 3.05) is 13.2 Å². The van der Waals surface area contributed by atoms with Crippen LogP contribution in [0, 0.1) is 0 Å². The highest BCUT2D eigenvalue weighted by molar-refractivity contribution is 5.76. The van der Waals surface area contributed by atoms with Gasteiger partial charge >= 0.3 is 5.97 Å². The van der Waals surface area contributed by atoms with Crippen molar-refractivity contribution in [2.45, 2.75) is 366 Å². The van der Waals surface area contributed by atoms with Crippen LogP contribution >= 0.6 is 0 Å². The molecule has 6 nitrogen and oxygen atoms in total. The fourth-order valence-electron chi connectivity index (χ4n) is 10.3. The Labute approximate surface area is 479 Å². The van der Waals surface area contributed by atoms with Gasteiger partial charge in [-0.1, -0.05) is 306 Å². The molecular formula is C71H131NO5. The Kier molecular flexibility index (Phi) is 64.0. The van der Waals surface area contributed by atoms with Crippen LogP contribution in [0.15, 0.2) is 60.8 Å². The van der Waals surface area contributed by atoms with Crippen molar-refractivity contribution in [3.8, 4) is 0 Å². The number of carbonyl (C=O) groups excluding carboxylic acids is 2. The fraction of sp³-hybridized carbons (Fsp3) is 0.831. The van der Waals surface area contributed by atoms with Gasteiger partial charge < -0.3 is 20.3 Å². The molecule has 1 amide bonds. The van der Waals surface area contributed by atoms with E-state index < -0.39 is 12.1 Å². The van der Waals surface area contributed by atoms with Crippen LogP contribution in [0.2, 0.25) is 0 Å². The van der Waals surface area contributed by atoms with Crippen molar-refractivity contribution in [1.29, 1.82) is 0 Å². The summed E-state index contributed by atoms with van der Waals surface area (Å²) in [4.78, 5) is 24.6. The summed E-state index contributed by atoms with van der Waals surface area (Å²) in [5.74, 6) is -0.0678. The number of allylic oxidation sites excluding steroid dienone is 9. The maximum Gasteiger partial charge on any atom is 0.305 e. The minimum atomic E-state index is -0.848. The molecule has 0 aliphatic rings. The van der Waals surface area contributed by atoms with E-state index in [1.54, 1.807) is 6.08 Å². The van der Waals surface area contributed by atoms with Gasteiger partial charge in [0.25, 0.3) is 0 Å². The van der Waals surface area contributed by atoms with Gasteiger partial charge in [0.2, 0.25) is 5.91 Å². The fourth-order valence-corrected chi connectivity index (χ4v) is 10.3. The minimum absolute atomic E-state index is 0.00264. The van der Waals surface area contributed by atoms with Crippen molar-refractivity contribution < 1.29 is 24.5 Å². The number of esters is 1. The molecule has 0 bridgehead atoms. The van der Waals surface area contributed by atoms with E-state index in [1.807, 2.05) is 6.08 Å². The number of aliphatic hydroxyl groups is 2. The van der Waals surface area contributed by atoms with Crippen LogP contribution in [0.5, 0.6) is 0 Å². The predicted octanol–water partition coefficient (Wildman–Crippen LogP) is 21.9. The zero-order chi connectivity index (χ0) is 55.7. The van der Waals surface area contributed by atoms with Gasteiger partial charge in [-0.15, -0.1) is 0 Å². The summed E-state index contributed by atoms with van der Waals surface area (Å²) in [5.41, 5.74) is 0. The molecular weight excluding hydrogens is 947 g/mol. The molecule has 0 aliphatic carbocycles. The monoisotopic (exact) mass is 1080 g/mol. The zero-order valence-corrected chi connectivity index (χ0v) is 51.4. The van der Waals surface area contributed by atoms with Crippen LogP contribution < -0.4 is 5.32 Å². The molecule has 3 N–H and O–H groups in total. The largest absolute Gasteiger partial charge is 0.466 e. The molecule has 0 rings (SSSR count). The number of carbonyl (C=O) groups is 2. The summed E-state index contributed by atoms with van der Waals surface area (Å²) in [6, 6.07) is -0.631. The molecule has 0 radical (unpaired) electrons. The molecule has 0 saturated carbocycles. The summed E-state index contributed by atoms with van der Waals surface area (Å²) in [6.07, 6.45) is 87.1. The van der Waals surface area contributed by atoms with Crippen LogP contribution in [0.1, 0.15) is 354 Å². The first-order chi connectivity index (χ1) is 38.0. The van der Waals surface area contributed by atoms with Gasteiger partial charge in [-0.2, -0.15) is 0 Å². The molecule has 0 aromatic carbocycles. The summed E-state index contributed by atoms with van der Waals surface area (Å²) < 4.78 is 5.49. The Hall–Kier alpha value is -2.44. The molecule has 450 valence electrons. The molecule has 0 aromatic heterocycles. The first-order valence-corrected chi connectivity index (χ1v) is 34.1. The maximum atomic E-state index is 12.5. The zero-order valence-electron chi connectivity index (χ0n) is 51.4. The normalized spacial score (nSPS) is 12.9. The Balaban J connectivity index is 3.44. The standard InChI is InChI=1S/C71H131NO5/c1-3-5-7-9-11-13-15-17-19-20-33-37-41-45-49-53-57-61-65-71(76)77-66-62-58-54-50-46-42-38-34-31-29-27-25-23-21-22-24-26-28-30-32-36-40-44-48-52-56-60-64-70(75)72-68(67-73)69(74)63-59-55-51-47-43-39-35-18-16-14-12-10-8-6-4-2/h13,15,19-22,25,27,59,63,68-69,73-74H,3-12,14,16-18,23-24,26,28-58,60-62,64-67H2,1-2H3,(H,72,75)/b15-13-,20-19-,22-21-,27-25-,63-59+. The SMILES string of the molecule is CCCCCC/C=C\C/C=C\CCCCCCCCCC(=O)OCCCCCCCCCCC/C=C\C/C=C\CCCCCCCCCCCCCC(=O)NC(CO)C(O)/C=C/CCCCCCCCCCCCCCC. The number of ether oxygens (including phenoxy) is 1. The third kappa shape index (κ3) is 62.6. The molecule has 0 spiro atoms. The Morgan fingerprint density at radius 1 is 0.364 bits per heavy atom. The second-order valence-corrected chi connectivity index (χ2v) is 23.1. The summed E-state index contributed by atoms with van der Waals surface area (Å²) in [6.45, 7) is 4.89. The molecule has 2 atom stereocenters. The van der Waals surface area contributed by atoms with Gasteiger partial charge in [0.05, 0.1) is 25.4 Å². The second-order valence-electron chi connectivity index (χ2n) is 23.1. The van der Waals surface area contributed by atoms with Crippen molar-refractivity contribution in [1.82, 2.24) is 5.32 Å². The average molecular weight is 1080 g/mol. The van der Waals surface area contributed by atoms with Crippen molar-refractivity contribution in [2.24, 2.45) is 0 Å². The highest BCUT2D eigenvalue weighted by atomic mass is 16.5. The molecule has 6 heteroatoms. The predicted molar refractivity (Wildman–Crippen MR) is 338 cm³/mol. The third-order valence-corrected chi connectivity index (χ3v) is 15.5. The second kappa shape index (κ2) is 66.1. The Bertz CT molecular complexity index is 1340.